The third-order valence-corrected chi connectivity index (χ3v) is 6.21. The predicted octanol–water partition coefficient (Wildman–Crippen LogP) is 4.26. The Morgan fingerprint density at radius 2 is 2.13 bits per heavy atom. The van der Waals surface area contributed by atoms with Gasteiger partial charge in [-0.3, -0.25) is 4.21 Å². The van der Waals surface area contributed by atoms with Crippen LogP contribution in [-0.4, -0.2) is 37.8 Å². The molecule has 31 heavy (non-hydrogen) atoms. The van der Waals surface area contributed by atoms with Crippen LogP contribution in [0.25, 0.3) is 16.5 Å². The van der Waals surface area contributed by atoms with Crippen molar-refractivity contribution in [3.05, 3.63) is 59.3 Å². The summed E-state index contributed by atoms with van der Waals surface area (Å²) in [7, 11) is 0.616. The van der Waals surface area contributed by atoms with Crippen LogP contribution < -0.4 is 10.1 Å². The molecule has 0 bridgehead atoms. The summed E-state index contributed by atoms with van der Waals surface area (Å²) >= 11 is 0. The molecule has 162 valence electrons. The van der Waals surface area contributed by atoms with E-state index in [-0.39, 0.29) is 12.1 Å². The highest BCUT2D eigenvalue weighted by Gasteiger charge is 2.19. The average Bonchev–Trinajstić information content (AvgIpc) is 2.78. The number of anilines is 1. The van der Waals surface area contributed by atoms with Crippen molar-refractivity contribution in [3.8, 4) is 5.88 Å². The number of nitrogens with one attached hydrogen (secondary N) is 1. The zero-order chi connectivity index (χ0) is 22.0. The molecule has 0 spiro atoms. The number of benzene rings is 1. The normalized spacial score (nSPS) is 16.4. The van der Waals surface area contributed by atoms with Crippen molar-refractivity contribution in [2.45, 2.75) is 19.4 Å². The fraction of sp³-hybridized carbons (Fsp3) is 0.286. The van der Waals surface area contributed by atoms with Gasteiger partial charge in [0.05, 0.1) is 23.8 Å². The number of rotatable bonds is 6. The van der Waals surface area contributed by atoms with Crippen LogP contribution in [0.1, 0.15) is 29.7 Å². The third kappa shape index (κ3) is 4.39. The van der Waals surface area contributed by atoms with Crippen LogP contribution in [0.15, 0.2) is 36.7 Å². The van der Waals surface area contributed by atoms with Crippen LogP contribution in [0, 0.1) is 5.82 Å². The second-order valence-electron chi connectivity index (χ2n) is 6.90. The van der Waals surface area contributed by atoms with Gasteiger partial charge < -0.3 is 10.1 Å². The molecule has 1 unspecified atom stereocenters. The van der Waals surface area contributed by atoms with Crippen molar-refractivity contribution in [1.82, 2.24) is 15.0 Å². The fourth-order valence-corrected chi connectivity index (χ4v) is 4.40. The summed E-state index contributed by atoms with van der Waals surface area (Å²) in [5, 5.41) is 3.61. The lowest BCUT2D eigenvalue weighted by Crippen LogP contribution is -2.10. The van der Waals surface area contributed by atoms with E-state index in [0.717, 1.165) is 11.6 Å². The Morgan fingerprint density at radius 1 is 1.29 bits per heavy atom. The molecule has 4 rings (SSSR count). The molecule has 0 aliphatic carbocycles. The van der Waals surface area contributed by atoms with Crippen molar-refractivity contribution in [2.24, 2.45) is 0 Å². The molecule has 10 heteroatoms. The van der Waals surface area contributed by atoms with Crippen molar-refractivity contribution < 1.29 is 22.1 Å². The zero-order valence-corrected chi connectivity index (χ0v) is 17.4. The fourth-order valence-electron chi connectivity index (χ4n) is 3.40. The summed E-state index contributed by atoms with van der Waals surface area (Å²) in [4.78, 5) is 13.0. The number of pyridine rings is 1. The summed E-state index contributed by atoms with van der Waals surface area (Å²) in [5.41, 5.74) is 1.53. The maximum Gasteiger partial charge on any atom is 0.266 e. The van der Waals surface area contributed by atoms with Crippen LogP contribution in [0.5, 0.6) is 5.88 Å². The van der Waals surface area contributed by atoms with E-state index >= 15 is 0 Å². The molecule has 1 aliphatic heterocycles. The first-order chi connectivity index (χ1) is 15.0. The number of hydrogen-bond donors (Lipinski definition) is 1. The number of alkyl halides is 2. The molecule has 0 saturated heterocycles. The summed E-state index contributed by atoms with van der Waals surface area (Å²) in [5.74, 6) is 0.784. The van der Waals surface area contributed by atoms with Crippen molar-refractivity contribution >= 4 is 33.1 Å². The molecule has 3 heterocycles. The number of aromatic nitrogens is 3. The highest BCUT2D eigenvalue weighted by Crippen LogP contribution is 2.32. The van der Waals surface area contributed by atoms with Gasteiger partial charge >= 0.3 is 0 Å². The predicted molar refractivity (Wildman–Crippen MR) is 113 cm³/mol. The van der Waals surface area contributed by atoms with Gasteiger partial charge in [0.2, 0.25) is 5.88 Å². The van der Waals surface area contributed by atoms with Gasteiger partial charge in [-0.05, 0) is 18.1 Å². The Morgan fingerprint density at radius 3 is 2.84 bits per heavy atom. The molecule has 0 amide bonds. The monoisotopic (exact) mass is 448 g/mol. The molecule has 1 aliphatic rings. The first kappa shape index (κ1) is 21.2. The van der Waals surface area contributed by atoms with Gasteiger partial charge in [0.15, 0.2) is 0 Å². The highest BCUT2D eigenvalue weighted by molar-refractivity contribution is 7.85. The number of ether oxygens (including phenoxy) is 1. The molecule has 2 aromatic heterocycles. The maximum atomic E-state index is 14.4. The molecule has 1 aromatic carbocycles. The topological polar surface area (TPSA) is 77.0 Å². The Kier molecular flexibility index (Phi) is 6.17. The molecule has 0 saturated carbocycles. The van der Waals surface area contributed by atoms with Gasteiger partial charge in [0.1, 0.15) is 23.5 Å². The number of methoxy groups -OCH3 is 1. The summed E-state index contributed by atoms with van der Waals surface area (Å²) in [6.45, 7) is -0.0415. The summed E-state index contributed by atoms with van der Waals surface area (Å²) < 4.78 is 57.4. The largest absolute Gasteiger partial charge is 0.479 e. The van der Waals surface area contributed by atoms with E-state index < -0.39 is 28.6 Å². The molecule has 0 fully saturated rings. The number of nitrogens with zero attached hydrogens (tertiary/aromatic N) is 3. The standard InChI is InChI=1S/C21H19F3N4O2S/c1-30-21-18-15(9-16(28-21)12-5-7-31(29)8-6-12)20(27-11-26-18)25-10-13-3-2-4-14(17(13)22)19(23)24/h2-5,9,11,19H,6-8,10H2,1H3,(H,25,26,27). The van der Waals surface area contributed by atoms with Crippen LogP contribution in [0.3, 0.4) is 0 Å². The number of allylic oxidation sites excluding steroid dienone is 1. The van der Waals surface area contributed by atoms with E-state index in [0.29, 0.717) is 46.2 Å². The maximum absolute atomic E-state index is 14.4. The highest BCUT2D eigenvalue weighted by atomic mass is 32.2. The molecule has 1 N–H and O–H groups in total. The molecule has 0 radical (unpaired) electrons. The van der Waals surface area contributed by atoms with Gasteiger partial charge in [-0.1, -0.05) is 24.3 Å². The first-order valence-corrected chi connectivity index (χ1v) is 11.0. The molecular formula is C21H19F3N4O2S. The lowest BCUT2D eigenvalue weighted by atomic mass is 10.1. The Balaban J connectivity index is 1.71. The zero-order valence-electron chi connectivity index (χ0n) is 16.6. The molecular weight excluding hydrogens is 429 g/mol. The molecule has 1 atom stereocenters. The minimum atomic E-state index is -2.89. The van der Waals surface area contributed by atoms with Crippen LogP contribution in [-0.2, 0) is 17.3 Å². The summed E-state index contributed by atoms with van der Waals surface area (Å²) in [6, 6.07) is 5.70. The van der Waals surface area contributed by atoms with E-state index in [1.165, 1.54) is 25.6 Å². The Labute approximate surface area is 179 Å². The van der Waals surface area contributed by atoms with Crippen molar-refractivity contribution in [1.29, 1.82) is 0 Å². The Hall–Kier alpha value is -3.01. The van der Waals surface area contributed by atoms with Crippen LogP contribution in [0.4, 0.5) is 19.0 Å². The van der Waals surface area contributed by atoms with E-state index in [4.69, 9.17) is 4.74 Å². The van der Waals surface area contributed by atoms with E-state index in [1.54, 1.807) is 6.07 Å². The number of halogens is 3. The lowest BCUT2D eigenvalue weighted by Gasteiger charge is -2.15. The van der Waals surface area contributed by atoms with Crippen molar-refractivity contribution in [3.63, 3.8) is 0 Å². The lowest BCUT2D eigenvalue weighted by molar-refractivity contribution is 0.146. The molecule has 6 nitrogen and oxygen atoms in total. The second kappa shape index (κ2) is 9.01. The SMILES string of the molecule is COc1nc(C2=CCS(=O)CC2)cc2c(NCc3cccc(C(F)F)c3F)ncnc12. The number of fused-ring (bicyclic) bond motifs is 1. The van der Waals surface area contributed by atoms with Crippen LogP contribution >= 0.6 is 0 Å². The third-order valence-electron chi connectivity index (χ3n) is 5.02. The van der Waals surface area contributed by atoms with Gasteiger partial charge in [0.25, 0.3) is 6.43 Å². The smallest absolute Gasteiger partial charge is 0.266 e. The van der Waals surface area contributed by atoms with Crippen molar-refractivity contribution in [2.75, 3.05) is 23.9 Å². The quantitative estimate of drug-likeness (QED) is 0.607. The minimum absolute atomic E-state index is 0.0415. The van der Waals surface area contributed by atoms with Crippen LogP contribution in [0.2, 0.25) is 0 Å². The van der Waals surface area contributed by atoms with Gasteiger partial charge in [-0.25, -0.2) is 28.1 Å². The van der Waals surface area contributed by atoms with Gasteiger partial charge in [-0.2, -0.15) is 0 Å². The van der Waals surface area contributed by atoms with E-state index in [2.05, 4.69) is 20.3 Å². The van der Waals surface area contributed by atoms with E-state index in [1.807, 2.05) is 6.08 Å². The second-order valence-corrected chi connectivity index (χ2v) is 8.52. The average molecular weight is 448 g/mol. The Bertz CT molecular complexity index is 1190. The van der Waals surface area contributed by atoms with Gasteiger partial charge in [-0.15, -0.1) is 0 Å². The minimum Gasteiger partial charge on any atom is -0.479 e. The molecule has 3 aromatic rings. The summed E-state index contributed by atoms with van der Waals surface area (Å²) in [6.07, 6.45) is 0.950. The first-order valence-electron chi connectivity index (χ1n) is 9.51. The number of hydrogen-bond acceptors (Lipinski definition) is 6. The van der Waals surface area contributed by atoms with E-state index in [9.17, 15) is 17.4 Å². The van der Waals surface area contributed by atoms with Gasteiger partial charge in [0, 0.05) is 34.4 Å².